The van der Waals surface area contributed by atoms with E-state index in [1.807, 2.05) is 24.3 Å². The SMILES string of the molecule is Cc1ccc(C)c(N2CCN(CCCNC(=O)Cc3ccccc3CO)CC2)c1. The van der Waals surface area contributed by atoms with Crippen molar-refractivity contribution in [2.75, 3.05) is 44.2 Å². The molecule has 2 aromatic rings. The van der Waals surface area contributed by atoms with E-state index in [1.54, 1.807) is 0 Å². The molecular weight excluding hydrogens is 362 g/mol. The highest BCUT2D eigenvalue weighted by molar-refractivity contribution is 5.78. The summed E-state index contributed by atoms with van der Waals surface area (Å²) in [4.78, 5) is 17.1. The van der Waals surface area contributed by atoms with Crippen LogP contribution in [0.1, 0.15) is 28.7 Å². The molecule has 2 N–H and O–H groups in total. The Labute approximate surface area is 174 Å². The molecular formula is C24H33N3O2. The van der Waals surface area contributed by atoms with Gasteiger partial charge in [0.05, 0.1) is 13.0 Å². The van der Waals surface area contributed by atoms with E-state index in [-0.39, 0.29) is 12.5 Å². The first kappa shape index (κ1) is 21.3. The fourth-order valence-corrected chi connectivity index (χ4v) is 3.92. The average molecular weight is 396 g/mol. The lowest BCUT2D eigenvalue weighted by atomic mass is 10.0. The topological polar surface area (TPSA) is 55.8 Å². The van der Waals surface area contributed by atoms with E-state index in [2.05, 4.69) is 47.2 Å². The molecule has 0 spiro atoms. The average Bonchev–Trinajstić information content (AvgIpc) is 2.74. The zero-order valence-electron chi connectivity index (χ0n) is 17.7. The van der Waals surface area contributed by atoms with Gasteiger partial charge in [0.1, 0.15) is 0 Å². The first-order chi connectivity index (χ1) is 14.1. The number of aliphatic hydroxyl groups is 1. The van der Waals surface area contributed by atoms with Gasteiger partial charge in [-0.25, -0.2) is 0 Å². The van der Waals surface area contributed by atoms with Gasteiger partial charge in [0.15, 0.2) is 0 Å². The quantitative estimate of drug-likeness (QED) is 0.675. The molecule has 0 aliphatic carbocycles. The Hall–Kier alpha value is -2.37. The Balaban J connectivity index is 1.36. The molecule has 0 atom stereocenters. The van der Waals surface area contributed by atoms with Crippen molar-refractivity contribution < 1.29 is 9.90 Å². The molecule has 1 heterocycles. The highest BCUT2D eigenvalue weighted by atomic mass is 16.3. The molecule has 0 radical (unpaired) electrons. The third-order valence-corrected chi connectivity index (χ3v) is 5.69. The number of amides is 1. The molecule has 1 aliphatic rings. The van der Waals surface area contributed by atoms with Gasteiger partial charge in [0.2, 0.25) is 5.91 Å². The predicted octanol–water partition coefficient (Wildman–Crippen LogP) is 2.67. The van der Waals surface area contributed by atoms with E-state index in [0.29, 0.717) is 13.0 Å². The summed E-state index contributed by atoms with van der Waals surface area (Å²) in [6.07, 6.45) is 1.28. The number of aryl methyl sites for hydroxylation is 2. The number of rotatable bonds is 8. The molecule has 1 aliphatic heterocycles. The van der Waals surface area contributed by atoms with Crippen LogP contribution in [0.5, 0.6) is 0 Å². The van der Waals surface area contributed by atoms with Crippen LogP contribution in [-0.2, 0) is 17.8 Å². The predicted molar refractivity (Wildman–Crippen MR) is 118 cm³/mol. The molecule has 3 rings (SSSR count). The second-order valence-corrected chi connectivity index (χ2v) is 7.93. The summed E-state index contributed by atoms with van der Waals surface area (Å²) in [5, 5.41) is 12.4. The van der Waals surface area contributed by atoms with Crippen molar-refractivity contribution in [3.8, 4) is 0 Å². The molecule has 5 nitrogen and oxygen atoms in total. The summed E-state index contributed by atoms with van der Waals surface area (Å²) in [5.74, 6) is 0.0191. The fourth-order valence-electron chi connectivity index (χ4n) is 3.92. The largest absolute Gasteiger partial charge is 0.392 e. The first-order valence-corrected chi connectivity index (χ1v) is 10.6. The maximum Gasteiger partial charge on any atom is 0.224 e. The molecule has 1 fully saturated rings. The van der Waals surface area contributed by atoms with Gasteiger partial charge in [-0.2, -0.15) is 0 Å². The summed E-state index contributed by atoms with van der Waals surface area (Å²) >= 11 is 0. The number of hydrogen-bond acceptors (Lipinski definition) is 4. The minimum absolute atomic E-state index is 0.0191. The van der Waals surface area contributed by atoms with E-state index in [9.17, 15) is 9.90 Å². The van der Waals surface area contributed by atoms with Crippen LogP contribution >= 0.6 is 0 Å². The number of aliphatic hydroxyl groups excluding tert-OH is 1. The molecule has 0 saturated carbocycles. The van der Waals surface area contributed by atoms with Gasteiger partial charge in [-0.1, -0.05) is 36.4 Å². The number of carbonyl (C=O) groups excluding carboxylic acids is 1. The number of hydrogen-bond donors (Lipinski definition) is 2. The third kappa shape index (κ3) is 6.05. The highest BCUT2D eigenvalue weighted by Crippen LogP contribution is 2.22. The maximum atomic E-state index is 12.2. The number of anilines is 1. The lowest BCUT2D eigenvalue weighted by Crippen LogP contribution is -2.47. The van der Waals surface area contributed by atoms with Crippen LogP contribution in [0, 0.1) is 13.8 Å². The van der Waals surface area contributed by atoms with Gasteiger partial charge < -0.3 is 15.3 Å². The molecule has 156 valence electrons. The minimum Gasteiger partial charge on any atom is -0.392 e. The third-order valence-electron chi connectivity index (χ3n) is 5.69. The van der Waals surface area contributed by atoms with Crippen LogP contribution in [0.4, 0.5) is 5.69 Å². The molecule has 2 aromatic carbocycles. The fraction of sp³-hybridized carbons (Fsp3) is 0.458. The Morgan fingerprint density at radius 2 is 1.76 bits per heavy atom. The van der Waals surface area contributed by atoms with E-state index in [4.69, 9.17) is 0 Å². The van der Waals surface area contributed by atoms with Crippen LogP contribution in [-0.4, -0.2) is 55.2 Å². The molecule has 5 heteroatoms. The van der Waals surface area contributed by atoms with Crippen LogP contribution < -0.4 is 10.2 Å². The second-order valence-electron chi connectivity index (χ2n) is 7.93. The van der Waals surface area contributed by atoms with E-state index >= 15 is 0 Å². The number of piperazine rings is 1. The van der Waals surface area contributed by atoms with Crippen LogP contribution in [0.2, 0.25) is 0 Å². The van der Waals surface area contributed by atoms with Crippen LogP contribution in [0.15, 0.2) is 42.5 Å². The number of carbonyl (C=O) groups is 1. The maximum absolute atomic E-state index is 12.2. The summed E-state index contributed by atoms with van der Waals surface area (Å²) < 4.78 is 0. The first-order valence-electron chi connectivity index (χ1n) is 10.6. The van der Waals surface area contributed by atoms with Gasteiger partial charge in [-0.15, -0.1) is 0 Å². The lowest BCUT2D eigenvalue weighted by Gasteiger charge is -2.37. The molecule has 0 aromatic heterocycles. The van der Waals surface area contributed by atoms with Gasteiger partial charge in [-0.3, -0.25) is 9.69 Å². The van der Waals surface area contributed by atoms with Crippen LogP contribution in [0.25, 0.3) is 0 Å². The molecule has 0 unspecified atom stereocenters. The zero-order chi connectivity index (χ0) is 20.6. The normalized spacial score (nSPS) is 14.8. The minimum atomic E-state index is -0.0303. The smallest absolute Gasteiger partial charge is 0.224 e. The van der Waals surface area contributed by atoms with Gasteiger partial charge in [0, 0.05) is 38.4 Å². The summed E-state index contributed by atoms with van der Waals surface area (Å²) in [6.45, 7) is 10.2. The molecule has 1 amide bonds. The van der Waals surface area contributed by atoms with Crippen molar-refractivity contribution in [2.45, 2.75) is 33.3 Å². The highest BCUT2D eigenvalue weighted by Gasteiger charge is 2.18. The Bertz CT molecular complexity index is 814. The Morgan fingerprint density at radius 1 is 1.03 bits per heavy atom. The van der Waals surface area contributed by atoms with Crippen molar-refractivity contribution in [2.24, 2.45) is 0 Å². The standard InChI is InChI=1S/C24H33N3O2/c1-19-8-9-20(2)23(16-19)27-14-12-26(13-15-27)11-5-10-25-24(29)17-21-6-3-4-7-22(21)18-28/h3-4,6-9,16,28H,5,10-15,17-18H2,1-2H3,(H,25,29). The van der Waals surface area contributed by atoms with E-state index in [1.165, 1.54) is 16.8 Å². The summed E-state index contributed by atoms with van der Waals surface area (Å²) in [5.41, 5.74) is 5.74. The van der Waals surface area contributed by atoms with Gasteiger partial charge >= 0.3 is 0 Å². The summed E-state index contributed by atoms with van der Waals surface area (Å²) in [6, 6.07) is 14.2. The van der Waals surface area contributed by atoms with E-state index < -0.39 is 0 Å². The Kier molecular flexibility index (Phi) is 7.67. The van der Waals surface area contributed by atoms with Gasteiger partial charge in [-0.05, 0) is 55.1 Å². The van der Waals surface area contributed by atoms with Crippen molar-refractivity contribution >= 4 is 11.6 Å². The monoisotopic (exact) mass is 395 g/mol. The second kappa shape index (κ2) is 10.4. The molecule has 1 saturated heterocycles. The molecule has 29 heavy (non-hydrogen) atoms. The zero-order valence-corrected chi connectivity index (χ0v) is 17.7. The van der Waals surface area contributed by atoms with E-state index in [0.717, 1.165) is 50.3 Å². The number of benzene rings is 2. The summed E-state index contributed by atoms with van der Waals surface area (Å²) in [7, 11) is 0. The van der Waals surface area contributed by atoms with Crippen molar-refractivity contribution in [1.29, 1.82) is 0 Å². The van der Waals surface area contributed by atoms with Crippen molar-refractivity contribution in [3.63, 3.8) is 0 Å². The lowest BCUT2D eigenvalue weighted by molar-refractivity contribution is -0.120. The Morgan fingerprint density at radius 3 is 2.48 bits per heavy atom. The number of nitrogens with one attached hydrogen (secondary N) is 1. The van der Waals surface area contributed by atoms with Crippen molar-refractivity contribution in [3.05, 3.63) is 64.7 Å². The van der Waals surface area contributed by atoms with Crippen molar-refractivity contribution in [1.82, 2.24) is 10.2 Å². The van der Waals surface area contributed by atoms with Crippen LogP contribution in [0.3, 0.4) is 0 Å². The molecule has 0 bridgehead atoms. The van der Waals surface area contributed by atoms with Gasteiger partial charge in [0.25, 0.3) is 0 Å². The number of nitrogens with zero attached hydrogens (tertiary/aromatic N) is 2.